The van der Waals surface area contributed by atoms with E-state index in [-0.39, 0.29) is 17.8 Å². The molecule has 25 heavy (non-hydrogen) atoms. The normalized spacial score (nSPS) is 24.1. The molecule has 4 nitrogen and oxygen atoms in total. The second kappa shape index (κ2) is 8.35. The molecule has 2 atom stereocenters. The van der Waals surface area contributed by atoms with Gasteiger partial charge in [-0.1, -0.05) is 12.3 Å². The molecule has 1 N–H and O–H groups in total. The number of benzene rings is 1. The highest BCUT2D eigenvalue weighted by Crippen LogP contribution is 2.24. The third kappa shape index (κ3) is 4.52. The van der Waals surface area contributed by atoms with Crippen molar-refractivity contribution in [2.24, 2.45) is 5.92 Å². The number of nitrogens with one attached hydrogen (secondary N) is 1. The molecular weight excluding hydrogens is 317 g/mol. The summed E-state index contributed by atoms with van der Waals surface area (Å²) in [7, 11) is 0. The minimum Gasteiger partial charge on any atom is -0.371 e. The molecule has 2 fully saturated rings. The predicted octanol–water partition coefficient (Wildman–Crippen LogP) is 2.26. The first-order chi connectivity index (χ1) is 12.2. The van der Waals surface area contributed by atoms with E-state index in [1.165, 1.54) is 12.1 Å². The van der Waals surface area contributed by atoms with Crippen LogP contribution in [0.25, 0.3) is 0 Å². The fraction of sp³-hybridized carbons (Fsp3) is 0.550. The zero-order valence-corrected chi connectivity index (χ0v) is 14.6. The average molecular weight is 343 g/mol. The van der Waals surface area contributed by atoms with Crippen LogP contribution in [0.4, 0.5) is 10.1 Å². The predicted molar refractivity (Wildman–Crippen MR) is 97.8 cm³/mol. The van der Waals surface area contributed by atoms with E-state index >= 15 is 0 Å². The lowest BCUT2D eigenvalue weighted by molar-refractivity contribution is -0.127. The van der Waals surface area contributed by atoms with Gasteiger partial charge in [0.05, 0.1) is 12.6 Å². The highest BCUT2D eigenvalue weighted by atomic mass is 19.1. The van der Waals surface area contributed by atoms with Gasteiger partial charge in [-0.3, -0.25) is 9.69 Å². The number of nitrogens with zero attached hydrogens (tertiary/aromatic N) is 2. The number of piperidine rings is 1. The topological polar surface area (TPSA) is 35.6 Å². The van der Waals surface area contributed by atoms with Crippen molar-refractivity contribution in [3.05, 3.63) is 30.1 Å². The fourth-order valence-corrected chi connectivity index (χ4v) is 3.84. The quantitative estimate of drug-likeness (QED) is 0.833. The first kappa shape index (κ1) is 17.8. The smallest absolute Gasteiger partial charge is 0.237 e. The molecule has 0 unspecified atom stereocenters. The number of likely N-dealkylation sites (tertiary alicyclic amines) is 1. The Bertz CT molecular complexity index is 625. The molecule has 1 aromatic carbocycles. The lowest BCUT2D eigenvalue weighted by Gasteiger charge is -2.33. The summed E-state index contributed by atoms with van der Waals surface area (Å²) in [5.41, 5.74) is 1.04. The van der Waals surface area contributed by atoms with Gasteiger partial charge in [0.15, 0.2) is 0 Å². The zero-order chi connectivity index (χ0) is 17.6. The number of halogens is 1. The maximum Gasteiger partial charge on any atom is 0.237 e. The fourth-order valence-electron chi connectivity index (χ4n) is 3.84. The number of hydrogen-bond donors (Lipinski definition) is 1. The molecular formula is C20H26FN3O. The van der Waals surface area contributed by atoms with Crippen LogP contribution in [0.2, 0.25) is 0 Å². The summed E-state index contributed by atoms with van der Waals surface area (Å²) < 4.78 is 13.0. The van der Waals surface area contributed by atoms with Crippen LogP contribution in [-0.2, 0) is 4.79 Å². The minimum absolute atomic E-state index is 0.0839. The zero-order valence-electron chi connectivity index (χ0n) is 14.6. The summed E-state index contributed by atoms with van der Waals surface area (Å²) in [6, 6.07) is 6.53. The van der Waals surface area contributed by atoms with E-state index in [4.69, 9.17) is 6.42 Å². The number of carbonyl (C=O) groups excluding carboxylic acids is 1. The van der Waals surface area contributed by atoms with Crippen LogP contribution < -0.4 is 10.2 Å². The summed E-state index contributed by atoms with van der Waals surface area (Å²) in [5, 5.41) is 3.13. The van der Waals surface area contributed by atoms with E-state index in [1.807, 2.05) is 12.1 Å². The Labute approximate surface area is 149 Å². The van der Waals surface area contributed by atoms with Crippen molar-refractivity contribution in [1.29, 1.82) is 0 Å². The van der Waals surface area contributed by atoms with Gasteiger partial charge in [-0.15, -0.1) is 6.42 Å². The number of rotatable bonds is 5. The SMILES string of the molecule is C#CCN1CCCC[C@H]1C(=O)NC[C@@H]1CCN(c2ccc(F)cc2)C1. The lowest BCUT2D eigenvalue weighted by atomic mass is 10.0. The monoisotopic (exact) mass is 343 g/mol. The minimum atomic E-state index is -0.212. The molecule has 2 aliphatic rings. The van der Waals surface area contributed by atoms with Crippen LogP contribution in [0.1, 0.15) is 25.7 Å². The standard InChI is InChI=1S/C20H26FN3O/c1-2-11-23-12-4-3-5-19(23)20(25)22-14-16-10-13-24(15-16)18-8-6-17(21)7-9-18/h1,6-9,16,19H,3-5,10-15H2,(H,22,25)/t16-,19-/m0/s1. The third-order valence-electron chi connectivity index (χ3n) is 5.25. The van der Waals surface area contributed by atoms with E-state index in [0.717, 1.165) is 51.0 Å². The van der Waals surface area contributed by atoms with Crippen LogP contribution in [0.15, 0.2) is 24.3 Å². The Balaban J connectivity index is 1.48. The van der Waals surface area contributed by atoms with Crippen LogP contribution in [-0.4, -0.2) is 49.6 Å². The molecule has 1 amide bonds. The van der Waals surface area contributed by atoms with Crippen molar-refractivity contribution < 1.29 is 9.18 Å². The second-order valence-corrected chi connectivity index (χ2v) is 7.01. The number of carbonyl (C=O) groups is 1. The molecule has 134 valence electrons. The molecule has 2 aliphatic heterocycles. The molecule has 2 saturated heterocycles. The van der Waals surface area contributed by atoms with Crippen LogP contribution in [0.3, 0.4) is 0 Å². The van der Waals surface area contributed by atoms with Crippen molar-refractivity contribution in [3.8, 4) is 12.3 Å². The number of anilines is 1. The molecule has 0 spiro atoms. The molecule has 1 aromatic rings. The number of amides is 1. The van der Waals surface area contributed by atoms with Gasteiger partial charge in [0.2, 0.25) is 5.91 Å². The van der Waals surface area contributed by atoms with Crippen molar-refractivity contribution in [1.82, 2.24) is 10.2 Å². The van der Waals surface area contributed by atoms with E-state index in [1.54, 1.807) is 0 Å². The van der Waals surface area contributed by atoms with Gasteiger partial charge in [-0.05, 0) is 56.0 Å². The van der Waals surface area contributed by atoms with Crippen LogP contribution >= 0.6 is 0 Å². The number of hydrogen-bond acceptors (Lipinski definition) is 3. The summed E-state index contributed by atoms with van der Waals surface area (Å²) in [4.78, 5) is 16.9. The van der Waals surface area contributed by atoms with Crippen LogP contribution in [0, 0.1) is 24.1 Å². The average Bonchev–Trinajstić information content (AvgIpc) is 3.10. The van der Waals surface area contributed by atoms with Gasteiger partial charge >= 0.3 is 0 Å². The number of terminal acetylenes is 1. The summed E-state index contributed by atoms with van der Waals surface area (Å²) in [6.07, 6.45) is 9.55. The van der Waals surface area contributed by atoms with Crippen molar-refractivity contribution >= 4 is 11.6 Å². The molecule has 5 heteroatoms. The highest BCUT2D eigenvalue weighted by Gasteiger charge is 2.29. The van der Waals surface area contributed by atoms with Gasteiger partial charge in [0, 0.05) is 25.3 Å². The maximum absolute atomic E-state index is 13.0. The first-order valence-corrected chi connectivity index (χ1v) is 9.13. The molecule has 2 heterocycles. The summed E-state index contributed by atoms with van der Waals surface area (Å²) >= 11 is 0. The molecule has 0 aliphatic carbocycles. The summed E-state index contributed by atoms with van der Waals surface area (Å²) in [6.45, 7) is 3.98. The van der Waals surface area contributed by atoms with E-state index in [9.17, 15) is 9.18 Å². The molecule has 3 rings (SSSR count). The van der Waals surface area contributed by atoms with Gasteiger partial charge in [-0.2, -0.15) is 0 Å². The van der Waals surface area contributed by atoms with E-state index in [0.29, 0.717) is 19.0 Å². The first-order valence-electron chi connectivity index (χ1n) is 9.13. The van der Waals surface area contributed by atoms with E-state index in [2.05, 4.69) is 21.0 Å². The van der Waals surface area contributed by atoms with E-state index < -0.39 is 0 Å². The van der Waals surface area contributed by atoms with Crippen LogP contribution in [0.5, 0.6) is 0 Å². The molecule has 0 aromatic heterocycles. The second-order valence-electron chi connectivity index (χ2n) is 7.01. The lowest BCUT2D eigenvalue weighted by Crippen LogP contribution is -2.50. The van der Waals surface area contributed by atoms with Crippen molar-refractivity contribution in [3.63, 3.8) is 0 Å². The Kier molecular flexibility index (Phi) is 5.93. The highest BCUT2D eigenvalue weighted by molar-refractivity contribution is 5.81. The van der Waals surface area contributed by atoms with Gasteiger partial charge in [-0.25, -0.2) is 4.39 Å². The van der Waals surface area contributed by atoms with Gasteiger partial charge in [0.25, 0.3) is 0 Å². The molecule has 0 radical (unpaired) electrons. The van der Waals surface area contributed by atoms with Gasteiger partial charge < -0.3 is 10.2 Å². The molecule has 0 bridgehead atoms. The summed E-state index contributed by atoms with van der Waals surface area (Å²) in [5.74, 6) is 2.98. The van der Waals surface area contributed by atoms with Gasteiger partial charge in [0.1, 0.15) is 5.82 Å². The van der Waals surface area contributed by atoms with Crippen molar-refractivity contribution in [2.75, 3.05) is 37.6 Å². The molecule has 0 saturated carbocycles. The Morgan fingerprint density at radius 1 is 1.24 bits per heavy atom. The Morgan fingerprint density at radius 3 is 2.80 bits per heavy atom. The third-order valence-corrected chi connectivity index (χ3v) is 5.25. The Hall–Kier alpha value is -2.06. The van der Waals surface area contributed by atoms with Crippen molar-refractivity contribution in [2.45, 2.75) is 31.7 Å². The largest absolute Gasteiger partial charge is 0.371 e. The Morgan fingerprint density at radius 2 is 2.04 bits per heavy atom. The maximum atomic E-state index is 13.0.